The average molecular weight is 247 g/mol. The molecule has 2 rings (SSSR count). The van der Waals surface area contributed by atoms with Crippen LogP contribution in [0.1, 0.15) is 45.1 Å². The van der Waals surface area contributed by atoms with E-state index in [-0.39, 0.29) is 5.60 Å². The highest BCUT2D eigenvalue weighted by atomic mass is 16.5. The van der Waals surface area contributed by atoms with Gasteiger partial charge in [0.25, 0.3) is 0 Å². The Morgan fingerprint density at radius 2 is 1.67 bits per heavy atom. The number of hydrogen-bond donors (Lipinski definition) is 1. The van der Waals surface area contributed by atoms with E-state index >= 15 is 0 Å². The van der Waals surface area contributed by atoms with Crippen LogP contribution in [0.4, 0.5) is 0 Å². The van der Waals surface area contributed by atoms with Gasteiger partial charge in [0.2, 0.25) is 0 Å². The largest absolute Gasteiger partial charge is 0.369 e. The first-order chi connectivity index (χ1) is 8.55. The van der Waals surface area contributed by atoms with E-state index < -0.39 is 0 Å². The third-order valence-corrected chi connectivity index (χ3v) is 4.27. The van der Waals surface area contributed by atoms with Gasteiger partial charge in [-0.05, 0) is 36.7 Å². The zero-order valence-electron chi connectivity index (χ0n) is 11.6. The maximum absolute atomic E-state index is 6.17. The summed E-state index contributed by atoms with van der Waals surface area (Å²) >= 11 is 0. The van der Waals surface area contributed by atoms with Crippen molar-refractivity contribution in [2.24, 2.45) is 11.1 Å². The standard InChI is InChI=1S/C16H25NO/c1-15(2)8-10-16(13-17,11-9-15)18-12-14-6-4-3-5-7-14/h3-7H,8-13,17H2,1-2H3. The molecule has 0 saturated heterocycles. The van der Waals surface area contributed by atoms with Gasteiger partial charge in [-0.25, -0.2) is 0 Å². The zero-order chi connectivity index (χ0) is 13.1. The van der Waals surface area contributed by atoms with Gasteiger partial charge in [-0.2, -0.15) is 0 Å². The Labute approximate surface area is 111 Å². The third kappa shape index (κ3) is 3.33. The molecule has 1 saturated carbocycles. The highest BCUT2D eigenvalue weighted by molar-refractivity contribution is 5.13. The SMILES string of the molecule is CC1(C)CCC(CN)(OCc2ccccc2)CC1. The number of hydrogen-bond acceptors (Lipinski definition) is 2. The summed E-state index contributed by atoms with van der Waals surface area (Å²) < 4.78 is 6.17. The molecule has 18 heavy (non-hydrogen) atoms. The van der Waals surface area contributed by atoms with Crippen LogP contribution in [0, 0.1) is 5.41 Å². The fourth-order valence-corrected chi connectivity index (χ4v) is 2.60. The number of benzene rings is 1. The van der Waals surface area contributed by atoms with E-state index in [1.54, 1.807) is 0 Å². The summed E-state index contributed by atoms with van der Waals surface area (Å²) in [5, 5.41) is 0. The summed E-state index contributed by atoms with van der Waals surface area (Å²) in [4.78, 5) is 0. The van der Waals surface area contributed by atoms with E-state index in [0.29, 0.717) is 18.6 Å². The van der Waals surface area contributed by atoms with Crippen LogP contribution in [-0.4, -0.2) is 12.1 Å². The molecule has 1 aliphatic rings. The topological polar surface area (TPSA) is 35.2 Å². The van der Waals surface area contributed by atoms with E-state index in [4.69, 9.17) is 10.5 Å². The first-order valence-corrected chi connectivity index (χ1v) is 6.93. The zero-order valence-corrected chi connectivity index (χ0v) is 11.6. The molecule has 1 fully saturated rings. The minimum Gasteiger partial charge on any atom is -0.369 e. The van der Waals surface area contributed by atoms with Gasteiger partial charge >= 0.3 is 0 Å². The van der Waals surface area contributed by atoms with Gasteiger partial charge in [0, 0.05) is 6.54 Å². The molecule has 0 unspecified atom stereocenters. The van der Waals surface area contributed by atoms with Crippen LogP contribution in [0.3, 0.4) is 0 Å². The molecular weight excluding hydrogens is 222 g/mol. The monoisotopic (exact) mass is 247 g/mol. The summed E-state index contributed by atoms with van der Waals surface area (Å²) in [6.45, 7) is 5.99. The van der Waals surface area contributed by atoms with Crippen molar-refractivity contribution in [2.75, 3.05) is 6.54 Å². The Kier molecular flexibility index (Phi) is 4.08. The van der Waals surface area contributed by atoms with Gasteiger partial charge in [-0.15, -0.1) is 0 Å². The highest BCUT2D eigenvalue weighted by Gasteiger charge is 2.38. The molecule has 2 N–H and O–H groups in total. The smallest absolute Gasteiger partial charge is 0.0809 e. The first kappa shape index (κ1) is 13.6. The predicted octanol–water partition coefficient (Wildman–Crippen LogP) is 3.50. The maximum Gasteiger partial charge on any atom is 0.0809 e. The van der Waals surface area contributed by atoms with Crippen LogP contribution in [-0.2, 0) is 11.3 Å². The van der Waals surface area contributed by atoms with Gasteiger partial charge in [-0.1, -0.05) is 44.2 Å². The van der Waals surface area contributed by atoms with Gasteiger partial charge in [0.05, 0.1) is 12.2 Å². The molecule has 0 amide bonds. The van der Waals surface area contributed by atoms with Crippen LogP contribution >= 0.6 is 0 Å². The van der Waals surface area contributed by atoms with Crippen molar-refractivity contribution >= 4 is 0 Å². The lowest BCUT2D eigenvalue weighted by Gasteiger charge is -2.42. The molecule has 100 valence electrons. The van der Waals surface area contributed by atoms with E-state index in [2.05, 4.69) is 38.1 Å². The van der Waals surface area contributed by atoms with Crippen LogP contribution in [0.15, 0.2) is 30.3 Å². The van der Waals surface area contributed by atoms with Crippen molar-refractivity contribution in [2.45, 2.75) is 51.7 Å². The van der Waals surface area contributed by atoms with Crippen molar-refractivity contribution in [1.82, 2.24) is 0 Å². The fourth-order valence-electron chi connectivity index (χ4n) is 2.60. The van der Waals surface area contributed by atoms with Crippen molar-refractivity contribution in [3.05, 3.63) is 35.9 Å². The van der Waals surface area contributed by atoms with Gasteiger partial charge in [0.15, 0.2) is 0 Å². The lowest BCUT2D eigenvalue weighted by molar-refractivity contribution is -0.0904. The average Bonchev–Trinajstić information content (AvgIpc) is 2.40. The molecule has 0 heterocycles. The van der Waals surface area contributed by atoms with Crippen molar-refractivity contribution in [1.29, 1.82) is 0 Å². The second-order valence-corrected chi connectivity index (χ2v) is 6.33. The molecule has 1 aromatic rings. The lowest BCUT2D eigenvalue weighted by atomic mass is 9.71. The molecule has 1 aliphatic carbocycles. The first-order valence-electron chi connectivity index (χ1n) is 6.93. The van der Waals surface area contributed by atoms with E-state index in [1.165, 1.54) is 18.4 Å². The van der Waals surface area contributed by atoms with Crippen molar-refractivity contribution < 1.29 is 4.74 Å². The normalized spacial score (nSPS) is 21.7. The van der Waals surface area contributed by atoms with E-state index in [1.807, 2.05) is 6.07 Å². The third-order valence-electron chi connectivity index (χ3n) is 4.27. The summed E-state index contributed by atoms with van der Waals surface area (Å²) in [6.07, 6.45) is 4.59. The second-order valence-electron chi connectivity index (χ2n) is 6.33. The molecule has 0 aliphatic heterocycles. The minimum atomic E-state index is -0.0919. The molecule has 0 radical (unpaired) electrons. The van der Waals surface area contributed by atoms with E-state index in [0.717, 1.165) is 12.8 Å². The van der Waals surface area contributed by atoms with E-state index in [9.17, 15) is 0 Å². The molecule has 0 spiro atoms. The van der Waals surface area contributed by atoms with Gasteiger partial charge in [0.1, 0.15) is 0 Å². The summed E-state index contributed by atoms with van der Waals surface area (Å²) in [6, 6.07) is 10.4. The highest BCUT2D eigenvalue weighted by Crippen LogP contribution is 2.41. The van der Waals surface area contributed by atoms with Crippen molar-refractivity contribution in [3.63, 3.8) is 0 Å². The molecular formula is C16H25NO. The van der Waals surface area contributed by atoms with Crippen LogP contribution < -0.4 is 5.73 Å². The quantitative estimate of drug-likeness (QED) is 0.883. The Balaban J connectivity index is 1.94. The number of nitrogens with two attached hydrogens (primary N) is 1. The van der Waals surface area contributed by atoms with Crippen LogP contribution in [0.2, 0.25) is 0 Å². The number of rotatable bonds is 4. The van der Waals surface area contributed by atoms with Crippen LogP contribution in [0.5, 0.6) is 0 Å². The lowest BCUT2D eigenvalue weighted by Crippen LogP contribution is -2.45. The summed E-state index contributed by atoms with van der Waals surface area (Å²) in [7, 11) is 0. The molecule has 2 heteroatoms. The van der Waals surface area contributed by atoms with Crippen molar-refractivity contribution in [3.8, 4) is 0 Å². The fraction of sp³-hybridized carbons (Fsp3) is 0.625. The summed E-state index contributed by atoms with van der Waals surface area (Å²) in [5.41, 5.74) is 7.56. The molecule has 0 bridgehead atoms. The predicted molar refractivity (Wildman–Crippen MR) is 75.3 cm³/mol. The Bertz CT molecular complexity index is 362. The van der Waals surface area contributed by atoms with Crippen LogP contribution in [0.25, 0.3) is 0 Å². The second kappa shape index (κ2) is 5.41. The minimum absolute atomic E-state index is 0.0919. The number of ether oxygens (including phenoxy) is 1. The summed E-state index contributed by atoms with van der Waals surface area (Å²) in [5.74, 6) is 0. The Morgan fingerprint density at radius 3 is 2.22 bits per heavy atom. The molecule has 0 aromatic heterocycles. The Hall–Kier alpha value is -0.860. The molecule has 1 aromatic carbocycles. The van der Waals surface area contributed by atoms with Gasteiger partial charge < -0.3 is 10.5 Å². The molecule has 0 atom stereocenters. The molecule has 2 nitrogen and oxygen atoms in total. The van der Waals surface area contributed by atoms with Gasteiger partial charge in [-0.3, -0.25) is 0 Å². The Morgan fingerprint density at radius 1 is 1.06 bits per heavy atom. The maximum atomic E-state index is 6.17.